The van der Waals surface area contributed by atoms with Gasteiger partial charge in [-0.05, 0) is 44.7 Å². The molecule has 2 aromatic carbocycles. The van der Waals surface area contributed by atoms with E-state index in [1.165, 1.54) is 30.9 Å². The number of rotatable bonds is 5. The van der Waals surface area contributed by atoms with Crippen LogP contribution in [0.2, 0.25) is 0 Å². The van der Waals surface area contributed by atoms with E-state index in [9.17, 15) is 18.5 Å². The van der Waals surface area contributed by atoms with Crippen LogP contribution in [-0.2, 0) is 10.0 Å². The predicted molar refractivity (Wildman–Crippen MR) is 89.4 cm³/mol. The Bertz CT molecular complexity index is 864. The summed E-state index contributed by atoms with van der Waals surface area (Å²) in [7, 11) is -2.46. The van der Waals surface area contributed by atoms with E-state index in [4.69, 9.17) is 0 Å². The van der Waals surface area contributed by atoms with Crippen molar-refractivity contribution in [2.75, 3.05) is 7.05 Å². The maximum atomic E-state index is 11.8. The molecule has 0 amide bonds. The number of hydrogen-bond donors (Lipinski definition) is 1. The summed E-state index contributed by atoms with van der Waals surface area (Å²) in [5, 5.41) is 11.3. The van der Waals surface area contributed by atoms with Crippen LogP contribution >= 0.6 is 11.8 Å². The van der Waals surface area contributed by atoms with Gasteiger partial charge in [-0.1, -0.05) is 29.5 Å². The molecule has 0 bridgehead atoms. The van der Waals surface area contributed by atoms with Gasteiger partial charge in [-0.25, -0.2) is 13.1 Å². The Labute approximate surface area is 139 Å². The van der Waals surface area contributed by atoms with Crippen LogP contribution in [0.4, 0.5) is 5.69 Å². The van der Waals surface area contributed by atoms with Gasteiger partial charge in [0.2, 0.25) is 10.0 Å². The van der Waals surface area contributed by atoms with Gasteiger partial charge >= 0.3 is 0 Å². The van der Waals surface area contributed by atoms with Crippen molar-refractivity contribution in [2.24, 2.45) is 0 Å². The second kappa shape index (κ2) is 6.69. The number of aryl methyl sites for hydroxylation is 2. The van der Waals surface area contributed by atoms with Gasteiger partial charge in [0, 0.05) is 11.0 Å². The van der Waals surface area contributed by atoms with E-state index in [-0.39, 0.29) is 10.6 Å². The number of nitrogens with zero attached hydrogens (tertiary/aromatic N) is 1. The molecular weight excluding hydrogens is 336 g/mol. The third-order valence-corrected chi connectivity index (χ3v) is 5.91. The fourth-order valence-electron chi connectivity index (χ4n) is 2.04. The summed E-state index contributed by atoms with van der Waals surface area (Å²) in [6, 6.07) is 9.74. The molecule has 0 aromatic heterocycles. The van der Waals surface area contributed by atoms with Crippen LogP contribution in [-0.4, -0.2) is 20.4 Å². The van der Waals surface area contributed by atoms with E-state index in [0.717, 1.165) is 22.1 Å². The summed E-state index contributed by atoms with van der Waals surface area (Å²) >= 11 is 1.25. The molecule has 2 rings (SSSR count). The minimum Gasteiger partial charge on any atom is -0.258 e. The van der Waals surface area contributed by atoms with Crippen LogP contribution in [0.5, 0.6) is 0 Å². The molecular formula is C15H16N2O4S2. The van der Waals surface area contributed by atoms with Gasteiger partial charge in [-0.2, -0.15) is 0 Å². The lowest BCUT2D eigenvalue weighted by atomic mass is 10.2. The average molecular weight is 352 g/mol. The monoisotopic (exact) mass is 352 g/mol. The third-order valence-electron chi connectivity index (χ3n) is 3.26. The van der Waals surface area contributed by atoms with Gasteiger partial charge in [0.25, 0.3) is 5.69 Å². The Kier molecular flexibility index (Phi) is 5.08. The van der Waals surface area contributed by atoms with Crippen LogP contribution in [0.3, 0.4) is 0 Å². The van der Waals surface area contributed by atoms with Crippen molar-refractivity contribution < 1.29 is 13.3 Å². The molecule has 8 heteroatoms. The molecule has 0 saturated heterocycles. The Morgan fingerprint density at radius 1 is 1.09 bits per heavy atom. The zero-order valence-corrected chi connectivity index (χ0v) is 14.5. The van der Waals surface area contributed by atoms with Crippen molar-refractivity contribution in [1.82, 2.24) is 4.72 Å². The minimum absolute atomic E-state index is 0.128. The van der Waals surface area contributed by atoms with Crippen LogP contribution < -0.4 is 4.72 Å². The smallest absolute Gasteiger partial charge is 0.258 e. The molecule has 122 valence electrons. The van der Waals surface area contributed by atoms with E-state index in [1.807, 2.05) is 32.0 Å². The first-order valence-corrected chi connectivity index (χ1v) is 9.01. The molecule has 0 fully saturated rings. The van der Waals surface area contributed by atoms with Gasteiger partial charge in [-0.15, -0.1) is 0 Å². The highest BCUT2D eigenvalue weighted by atomic mass is 32.2. The molecule has 0 spiro atoms. The van der Waals surface area contributed by atoms with Crippen molar-refractivity contribution in [1.29, 1.82) is 0 Å². The highest BCUT2D eigenvalue weighted by Crippen LogP contribution is 2.37. The molecule has 0 aliphatic carbocycles. The van der Waals surface area contributed by atoms with Crippen molar-refractivity contribution in [3.8, 4) is 0 Å². The molecule has 2 aromatic rings. The van der Waals surface area contributed by atoms with Crippen LogP contribution in [0, 0.1) is 24.0 Å². The van der Waals surface area contributed by atoms with E-state index < -0.39 is 14.9 Å². The summed E-state index contributed by atoms with van der Waals surface area (Å²) in [5.74, 6) is 0. The van der Waals surface area contributed by atoms with E-state index in [0.29, 0.717) is 4.90 Å². The van der Waals surface area contributed by atoms with Crippen molar-refractivity contribution in [3.05, 3.63) is 57.6 Å². The SMILES string of the molecule is CNS(=O)(=O)c1ccc(Sc2ccc(C)cc2C)c([N+](=O)[O-])c1. The summed E-state index contributed by atoms with van der Waals surface area (Å²) < 4.78 is 25.7. The maximum Gasteiger partial charge on any atom is 0.284 e. The van der Waals surface area contributed by atoms with Crippen molar-refractivity contribution in [3.63, 3.8) is 0 Å². The normalized spacial score (nSPS) is 11.4. The fourth-order valence-corrected chi connectivity index (χ4v) is 3.76. The van der Waals surface area contributed by atoms with Crippen LogP contribution in [0.25, 0.3) is 0 Å². The largest absolute Gasteiger partial charge is 0.284 e. The standard InChI is InChI=1S/C15H16N2O4S2/c1-10-4-6-14(11(2)8-10)22-15-7-5-12(23(20,21)16-3)9-13(15)17(18)19/h4-9,16H,1-3H3. The highest BCUT2D eigenvalue weighted by Gasteiger charge is 2.21. The number of hydrogen-bond acceptors (Lipinski definition) is 5. The molecule has 6 nitrogen and oxygen atoms in total. The molecule has 1 N–H and O–H groups in total. The lowest BCUT2D eigenvalue weighted by Crippen LogP contribution is -2.18. The molecule has 0 heterocycles. The van der Waals surface area contributed by atoms with Crippen LogP contribution in [0.1, 0.15) is 11.1 Å². The quantitative estimate of drug-likeness (QED) is 0.659. The van der Waals surface area contributed by atoms with Gasteiger partial charge in [0.1, 0.15) is 0 Å². The van der Waals surface area contributed by atoms with Gasteiger partial charge in [-0.3, -0.25) is 10.1 Å². The van der Waals surface area contributed by atoms with Crippen molar-refractivity contribution >= 4 is 27.5 Å². The van der Waals surface area contributed by atoms with Gasteiger partial charge in [0.05, 0.1) is 14.7 Å². The summed E-state index contributed by atoms with van der Waals surface area (Å²) in [5.41, 5.74) is 1.89. The van der Waals surface area contributed by atoms with Gasteiger partial charge < -0.3 is 0 Å². The first kappa shape index (κ1) is 17.5. The molecule has 0 saturated carbocycles. The number of nitro benzene ring substituents is 1. The Hall–Kier alpha value is -1.90. The van der Waals surface area contributed by atoms with E-state index >= 15 is 0 Å². The fraction of sp³-hybridized carbons (Fsp3) is 0.200. The minimum atomic E-state index is -3.72. The molecule has 0 aliphatic heterocycles. The summed E-state index contributed by atoms with van der Waals surface area (Å²) in [6.45, 7) is 3.91. The maximum absolute atomic E-state index is 11.8. The van der Waals surface area contributed by atoms with Crippen LogP contribution in [0.15, 0.2) is 51.1 Å². The van der Waals surface area contributed by atoms with E-state index in [2.05, 4.69) is 4.72 Å². The predicted octanol–water partition coefficient (Wildman–Crippen LogP) is 3.27. The highest BCUT2D eigenvalue weighted by molar-refractivity contribution is 7.99. The Morgan fingerprint density at radius 2 is 1.74 bits per heavy atom. The first-order chi connectivity index (χ1) is 10.7. The third kappa shape index (κ3) is 3.90. The first-order valence-electron chi connectivity index (χ1n) is 6.71. The zero-order chi connectivity index (χ0) is 17.2. The van der Waals surface area contributed by atoms with E-state index in [1.54, 1.807) is 0 Å². The molecule has 0 unspecified atom stereocenters. The summed E-state index contributed by atoms with van der Waals surface area (Å²) in [4.78, 5) is 11.9. The number of sulfonamides is 1. The molecule has 0 aliphatic rings. The van der Waals surface area contributed by atoms with Crippen molar-refractivity contribution in [2.45, 2.75) is 28.5 Å². The second-order valence-electron chi connectivity index (χ2n) is 4.97. The Balaban J connectivity index is 2.48. The number of benzene rings is 2. The Morgan fingerprint density at radius 3 is 2.30 bits per heavy atom. The lowest BCUT2D eigenvalue weighted by Gasteiger charge is -2.09. The zero-order valence-electron chi connectivity index (χ0n) is 12.9. The van der Waals surface area contributed by atoms with Gasteiger partial charge in [0.15, 0.2) is 0 Å². The number of nitro groups is 1. The summed E-state index contributed by atoms with van der Waals surface area (Å²) in [6.07, 6.45) is 0. The second-order valence-corrected chi connectivity index (χ2v) is 7.94. The topological polar surface area (TPSA) is 89.3 Å². The lowest BCUT2D eigenvalue weighted by molar-refractivity contribution is -0.388. The number of nitrogens with one attached hydrogen (secondary N) is 1. The molecule has 0 atom stereocenters. The molecule has 0 radical (unpaired) electrons. The average Bonchev–Trinajstić information content (AvgIpc) is 2.50. The molecule has 23 heavy (non-hydrogen) atoms.